The molecule has 0 saturated heterocycles. The molecule has 0 fully saturated rings. The first kappa shape index (κ1) is 22.0. The molecule has 1 heterocycles. The SMILES string of the molecule is COCCOc1ncccc1CNC(=O)NCC#Cc1cccc(C(F)(F)F)c1. The fourth-order valence-electron chi connectivity index (χ4n) is 2.19. The van der Waals surface area contributed by atoms with E-state index in [2.05, 4.69) is 27.5 Å². The van der Waals surface area contributed by atoms with Crippen LogP contribution in [-0.2, 0) is 17.5 Å². The average Bonchev–Trinajstić information content (AvgIpc) is 2.70. The zero-order chi connectivity index (χ0) is 21.1. The van der Waals surface area contributed by atoms with Gasteiger partial charge in [0.05, 0.1) is 18.7 Å². The summed E-state index contributed by atoms with van der Waals surface area (Å²) in [4.78, 5) is 16.0. The van der Waals surface area contributed by atoms with Crippen molar-refractivity contribution in [2.75, 3.05) is 26.9 Å². The molecule has 2 aromatic rings. The van der Waals surface area contributed by atoms with E-state index in [1.807, 2.05) is 0 Å². The van der Waals surface area contributed by atoms with Crippen molar-refractivity contribution >= 4 is 6.03 Å². The molecule has 2 rings (SSSR count). The lowest BCUT2D eigenvalue weighted by atomic mass is 10.1. The molecule has 0 atom stereocenters. The zero-order valence-electron chi connectivity index (χ0n) is 15.7. The lowest BCUT2D eigenvalue weighted by Crippen LogP contribution is -2.35. The van der Waals surface area contributed by atoms with Crippen molar-refractivity contribution in [3.05, 3.63) is 59.3 Å². The third-order valence-corrected chi connectivity index (χ3v) is 3.58. The largest absolute Gasteiger partial charge is 0.475 e. The second-order valence-corrected chi connectivity index (χ2v) is 5.73. The molecule has 0 unspecified atom stereocenters. The Hall–Kier alpha value is -3.25. The summed E-state index contributed by atoms with van der Waals surface area (Å²) in [5, 5.41) is 5.15. The second-order valence-electron chi connectivity index (χ2n) is 5.73. The normalized spacial score (nSPS) is 10.6. The van der Waals surface area contributed by atoms with Crippen LogP contribution in [0.2, 0.25) is 0 Å². The summed E-state index contributed by atoms with van der Waals surface area (Å²) in [5.41, 5.74) is 0.138. The van der Waals surface area contributed by atoms with Crippen molar-refractivity contribution in [3.8, 4) is 17.7 Å². The van der Waals surface area contributed by atoms with Gasteiger partial charge in [-0.25, -0.2) is 9.78 Å². The Bertz CT molecular complexity index is 876. The Morgan fingerprint density at radius 2 is 2.00 bits per heavy atom. The lowest BCUT2D eigenvalue weighted by molar-refractivity contribution is -0.137. The van der Waals surface area contributed by atoms with Crippen molar-refractivity contribution in [3.63, 3.8) is 0 Å². The van der Waals surface area contributed by atoms with Crippen LogP contribution in [-0.4, -0.2) is 37.9 Å². The molecule has 6 nitrogen and oxygen atoms in total. The zero-order valence-corrected chi connectivity index (χ0v) is 15.7. The van der Waals surface area contributed by atoms with Crippen LogP contribution in [0.15, 0.2) is 42.6 Å². The van der Waals surface area contributed by atoms with E-state index in [9.17, 15) is 18.0 Å². The van der Waals surface area contributed by atoms with Gasteiger partial charge in [-0.2, -0.15) is 13.2 Å². The Kier molecular flexibility index (Phi) is 8.30. The van der Waals surface area contributed by atoms with Gasteiger partial charge in [0.15, 0.2) is 0 Å². The van der Waals surface area contributed by atoms with E-state index in [1.165, 1.54) is 12.1 Å². The number of hydrogen-bond acceptors (Lipinski definition) is 4. The molecular weight excluding hydrogens is 387 g/mol. The number of pyridine rings is 1. The van der Waals surface area contributed by atoms with Gasteiger partial charge >= 0.3 is 12.2 Å². The number of benzene rings is 1. The van der Waals surface area contributed by atoms with Gasteiger partial charge in [0, 0.05) is 31.0 Å². The number of halogens is 3. The van der Waals surface area contributed by atoms with E-state index < -0.39 is 17.8 Å². The Balaban J connectivity index is 1.81. The van der Waals surface area contributed by atoms with Crippen LogP contribution in [0.25, 0.3) is 0 Å². The summed E-state index contributed by atoms with van der Waals surface area (Å²) in [5.74, 6) is 5.60. The summed E-state index contributed by atoms with van der Waals surface area (Å²) >= 11 is 0. The molecule has 154 valence electrons. The smallest absolute Gasteiger partial charge is 0.416 e. The van der Waals surface area contributed by atoms with Crippen LogP contribution in [0.3, 0.4) is 0 Å². The van der Waals surface area contributed by atoms with Gasteiger partial charge in [-0.15, -0.1) is 0 Å². The molecule has 0 radical (unpaired) electrons. The monoisotopic (exact) mass is 407 g/mol. The Labute approximate surface area is 166 Å². The van der Waals surface area contributed by atoms with E-state index in [-0.39, 0.29) is 18.7 Å². The molecule has 0 bridgehead atoms. The predicted molar refractivity (Wildman–Crippen MR) is 100 cm³/mol. The van der Waals surface area contributed by atoms with Gasteiger partial charge in [-0.1, -0.05) is 24.0 Å². The predicted octanol–water partition coefficient (Wildman–Crippen LogP) is 2.98. The van der Waals surface area contributed by atoms with Gasteiger partial charge in [0.2, 0.25) is 5.88 Å². The molecule has 0 spiro atoms. The van der Waals surface area contributed by atoms with E-state index in [0.29, 0.717) is 24.7 Å². The number of carbonyl (C=O) groups excluding carboxylic acids is 1. The van der Waals surface area contributed by atoms with Crippen LogP contribution in [0.5, 0.6) is 5.88 Å². The van der Waals surface area contributed by atoms with Gasteiger partial charge in [0.25, 0.3) is 0 Å². The third-order valence-electron chi connectivity index (χ3n) is 3.58. The van der Waals surface area contributed by atoms with Crippen LogP contribution in [0, 0.1) is 11.8 Å². The summed E-state index contributed by atoms with van der Waals surface area (Å²) in [6.07, 6.45) is -2.84. The minimum absolute atomic E-state index is 0.0215. The minimum atomic E-state index is -4.42. The maximum atomic E-state index is 12.7. The number of alkyl halides is 3. The van der Waals surface area contributed by atoms with Gasteiger partial charge in [0.1, 0.15) is 6.61 Å². The maximum absolute atomic E-state index is 12.7. The number of aromatic nitrogens is 1. The molecule has 29 heavy (non-hydrogen) atoms. The molecule has 1 aromatic heterocycles. The van der Waals surface area contributed by atoms with Crippen molar-refractivity contribution in [2.45, 2.75) is 12.7 Å². The number of rotatable bonds is 7. The standard InChI is InChI=1S/C20H20F3N3O3/c1-28-11-12-29-18-16(7-4-9-24-18)14-26-19(27)25-10-3-6-15-5-2-8-17(13-15)20(21,22)23/h2,4-5,7-9,13H,10-12,14H2,1H3,(H2,25,26,27). The van der Waals surface area contributed by atoms with Crippen molar-refractivity contribution < 1.29 is 27.4 Å². The fourth-order valence-corrected chi connectivity index (χ4v) is 2.19. The van der Waals surface area contributed by atoms with Gasteiger partial charge < -0.3 is 20.1 Å². The number of urea groups is 1. The molecule has 1 aromatic carbocycles. The Morgan fingerprint density at radius 1 is 1.17 bits per heavy atom. The number of hydrogen-bond donors (Lipinski definition) is 2. The topological polar surface area (TPSA) is 72.5 Å². The number of methoxy groups -OCH3 is 1. The third kappa shape index (κ3) is 7.71. The van der Waals surface area contributed by atoms with Crippen LogP contribution < -0.4 is 15.4 Å². The van der Waals surface area contributed by atoms with Gasteiger partial charge in [-0.05, 0) is 24.3 Å². The van der Waals surface area contributed by atoms with Crippen LogP contribution in [0.4, 0.5) is 18.0 Å². The number of nitrogens with one attached hydrogen (secondary N) is 2. The van der Waals surface area contributed by atoms with E-state index in [4.69, 9.17) is 9.47 Å². The molecule has 9 heteroatoms. The highest BCUT2D eigenvalue weighted by molar-refractivity contribution is 5.74. The first-order chi connectivity index (χ1) is 13.9. The summed E-state index contributed by atoms with van der Waals surface area (Å²) in [7, 11) is 1.56. The van der Waals surface area contributed by atoms with E-state index >= 15 is 0 Å². The fraction of sp³-hybridized carbons (Fsp3) is 0.300. The molecule has 0 aliphatic rings. The first-order valence-corrected chi connectivity index (χ1v) is 8.63. The van der Waals surface area contributed by atoms with E-state index in [1.54, 1.807) is 25.4 Å². The number of amides is 2. The van der Waals surface area contributed by atoms with Crippen molar-refractivity contribution in [1.29, 1.82) is 0 Å². The molecule has 2 N–H and O–H groups in total. The lowest BCUT2D eigenvalue weighted by Gasteiger charge is -2.10. The van der Waals surface area contributed by atoms with Crippen LogP contribution in [0.1, 0.15) is 16.7 Å². The van der Waals surface area contributed by atoms with Crippen molar-refractivity contribution in [1.82, 2.24) is 15.6 Å². The van der Waals surface area contributed by atoms with Gasteiger partial charge in [-0.3, -0.25) is 0 Å². The second kappa shape index (κ2) is 10.9. The van der Waals surface area contributed by atoms with E-state index in [0.717, 1.165) is 12.1 Å². The highest BCUT2D eigenvalue weighted by Crippen LogP contribution is 2.29. The minimum Gasteiger partial charge on any atom is -0.475 e. The Morgan fingerprint density at radius 3 is 2.76 bits per heavy atom. The molecule has 2 amide bonds. The molecule has 0 aliphatic carbocycles. The maximum Gasteiger partial charge on any atom is 0.416 e. The highest BCUT2D eigenvalue weighted by atomic mass is 19.4. The number of nitrogens with zero attached hydrogens (tertiary/aromatic N) is 1. The highest BCUT2D eigenvalue weighted by Gasteiger charge is 2.30. The average molecular weight is 407 g/mol. The van der Waals surface area contributed by atoms with Crippen LogP contribution >= 0.6 is 0 Å². The number of ether oxygens (including phenoxy) is 2. The summed E-state index contributed by atoms with van der Waals surface area (Å²) < 4.78 is 48.4. The molecular formula is C20H20F3N3O3. The summed E-state index contributed by atoms with van der Waals surface area (Å²) in [6.45, 7) is 0.904. The number of carbonyl (C=O) groups is 1. The summed E-state index contributed by atoms with van der Waals surface area (Å²) in [6, 6.07) is 7.70. The quantitative estimate of drug-likeness (QED) is 0.547. The van der Waals surface area contributed by atoms with Crippen molar-refractivity contribution in [2.24, 2.45) is 0 Å². The first-order valence-electron chi connectivity index (χ1n) is 8.63. The molecule has 0 saturated carbocycles. The molecule has 0 aliphatic heterocycles.